The van der Waals surface area contributed by atoms with E-state index in [9.17, 15) is 4.79 Å². The third kappa shape index (κ3) is 5.97. The van der Waals surface area contributed by atoms with Crippen molar-refractivity contribution in [3.63, 3.8) is 0 Å². The van der Waals surface area contributed by atoms with Gasteiger partial charge >= 0.3 is 0 Å². The zero-order chi connectivity index (χ0) is 14.3. The Morgan fingerprint density at radius 3 is 2.47 bits per heavy atom. The lowest BCUT2D eigenvalue weighted by Gasteiger charge is -2.23. The van der Waals surface area contributed by atoms with Crippen LogP contribution in [0.4, 0.5) is 0 Å². The fraction of sp³-hybridized carbons (Fsp3) is 0.500. The Kier molecular flexibility index (Phi) is 6.89. The lowest BCUT2D eigenvalue weighted by Crippen LogP contribution is -2.42. The Labute approximate surface area is 128 Å². The number of hydrogen-bond acceptors (Lipinski definition) is 3. The molecule has 3 nitrogen and oxygen atoms in total. The molecular formula is C14H21BrN2OS. The highest BCUT2D eigenvalue weighted by atomic mass is 79.9. The van der Waals surface area contributed by atoms with Crippen LogP contribution < -0.4 is 10.6 Å². The molecule has 0 aliphatic carbocycles. The number of rotatable bonds is 7. The highest BCUT2D eigenvalue weighted by Gasteiger charge is 2.28. The fourth-order valence-corrected chi connectivity index (χ4v) is 2.79. The van der Waals surface area contributed by atoms with E-state index in [1.165, 1.54) is 0 Å². The van der Waals surface area contributed by atoms with Crippen molar-refractivity contribution in [1.29, 1.82) is 0 Å². The number of nitrogens with one attached hydrogen (secondary N) is 2. The number of amides is 1. The molecular weight excluding hydrogens is 324 g/mol. The van der Waals surface area contributed by atoms with Gasteiger partial charge in [-0.15, -0.1) is 11.8 Å². The van der Waals surface area contributed by atoms with E-state index in [0.29, 0.717) is 6.54 Å². The van der Waals surface area contributed by atoms with Crippen molar-refractivity contribution in [1.82, 2.24) is 10.6 Å². The van der Waals surface area contributed by atoms with Crippen molar-refractivity contribution in [2.24, 2.45) is 0 Å². The largest absolute Gasteiger partial charge is 0.354 e. The van der Waals surface area contributed by atoms with Crippen LogP contribution in [0.1, 0.15) is 20.8 Å². The molecule has 1 aromatic carbocycles. The van der Waals surface area contributed by atoms with Crippen molar-refractivity contribution < 1.29 is 4.79 Å². The Bertz CT molecular complexity index is 406. The molecule has 1 aromatic rings. The minimum Gasteiger partial charge on any atom is -0.354 e. The quantitative estimate of drug-likeness (QED) is 0.590. The normalized spacial score (nSPS) is 11.4. The predicted octanol–water partition coefficient (Wildman–Crippen LogP) is 3.05. The summed E-state index contributed by atoms with van der Waals surface area (Å²) in [4.78, 5) is 13.2. The summed E-state index contributed by atoms with van der Waals surface area (Å²) < 4.78 is 0.574. The molecule has 0 radical (unpaired) electrons. The summed E-state index contributed by atoms with van der Waals surface area (Å²) in [5.74, 6) is 0.0679. The van der Waals surface area contributed by atoms with Crippen molar-refractivity contribution in [3.05, 3.63) is 28.7 Å². The molecule has 0 spiro atoms. The van der Waals surface area contributed by atoms with Crippen LogP contribution in [0.5, 0.6) is 0 Å². The number of carbonyl (C=O) groups excluding carboxylic acids is 1. The Hall–Kier alpha value is -0.520. The zero-order valence-corrected chi connectivity index (χ0v) is 14.0. The van der Waals surface area contributed by atoms with E-state index in [0.717, 1.165) is 22.5 Å². The first-order valence-electron chi connectivity index (χ1n) is 6.39. The molecule has 1 amide bonds. The fourth-order valence-electron chi connectivity index (χ4n) is 1.50. The number of carbonyl (C=O) groups is 1. The van der Waals surface area contributed by atoms with Crippen LogP contribution in [0.15, 0.2) is 33.6 Å². The third-order valence-electron chi connectivity index (χ3n) is 2.57. The summed E-state index contributed by atoms with van der Waals surface area (Å²) in [6, 6.07) is 8.01. The summed E-state index contributed by atoms with van der Waals surface area (Å²) in [6.07, 6.45) is 0. The van der Waals surface area contributed by atoms with Crippen molar-refractivity contribution in [2.45, 2.75) is 30.4 Å². The van der Waals surface area contributed by atoms with E-state index in [-0.39, 0.29) is 5.91 Å². The maximum Gasteiger partial charge on any atom is 0.236 e. The molecule has 0 saturated heterocycles. The minimum absolute atomic E-state index is 0.0679. The van der Waals surface area contributed by atoms with Gasteiger partial charge in [-0.25, -0.2) is 0 Å². The first-order valence-corrected chi connectivity index (χ1v) is 8.00. The SMILES string of the molecule is CCNCCNC(=O)C(C)(C)Sc1ccc(Br)cc1. The van der Waals surface area contributed by atoms with E-state index in [1.54, 1.807) is 11.8 Å². The van der Waals surface area contributed by atoms with Crippen molar-refractivity contribution in [3.8, 4) is 0 Å². The summed E-state index contributed by atoms with van der Waals surface area (Å²) in [5, 5.41) is 6.14. The maximum absolute atomic E-state index is 12.1. The van der Waals surface area contributed by atoms with Gasteiger partial charge in [-0.2, -0.15) is 0 Å². The molecule has 0 bridgehead atoms. The van der Waals surface area contributed by atoms with Gasteiger partial charge in [-0.1, -0.05) is 22.9 Å². The Balaban J connectivity index is 2.49. The van der Waals surface area contributed by atoms with Gasteiger partial charge < -0.3 is 10.6 Å². The van der Waals surface area contributed by atoms with Crippen LogP contribution >= 0.6 is 27.7 Å². The molecule has 0 aliphatic heterocycles. The van der Waals surface area contributed by atoms with Gasteiger partial charge in [-0.05, 0) is 44.7 Å². The van der Waals surface area contributed by atoms with Gasteiger partial charge in [-0.3, -0.25) is 4.79 Å². The van der Waals surface area contributed by atoms with Gasteiger partial charge in [0.2, 0.25) is 5.91 Å². The molecule has 0 heterocycles. The molecule has 0 aliphatic rings. The number of hydrogen-bond donors (Lipinski definition) is 2. The monoisotopic (exact) mass is 344 g/mol. The van der Waals surface area contributed by atoms with Gasteiger partial charge in [0, 0.05) is 22.5 Å². The lowest BCUT2D eigenvalue weighted by molar-refractivity contribution is -0.122. The predicted molar refractivity (Wildman–Crippen MR) is 85.6 cm³/mol. The molecule has 0 aromatic heterocycles. The lowest BCUT2D eigenvalue weighted by atomic mass is 10.2. The second kappa shape index (κ2) is 7.92. The Morgan fingerprint density at radius 2 is 1.89 bits per heavy atom. The van der Waals surface area contributed by atoms with Crippen LogP contribution in [0.2, 0.25) is 0 Å². The molecule has 0 saturated carbocycles. The average Bonchev–Trinajstić information content (AvgIpc) is 2.37. The molecule has 0 unspecified atom stereocenters. The molecule has 0 atom stereocenters. The minimum atomic E-state index is -0.472. The van der Waals surface area contributed by atoms with Crippen LogP contribution in [-0.4, -0.2) is 30.3 Å². The van der Waals surface area contributed by atoms with Gasteiger partial charge in [0.15, 0.2) is 0 Å². The maximum atomic E-state index is 12.1. The molecule has 19 heavy (non-hydrogen) atoms. The van der Waals surface area contributed by atoms with Crippen molar-refractivity contribution in [2.75, 3.05) is 19.6 Å². The summed E-state index contributed by atoms with van der Waals surface area (Å²) >= 11 is 4.98. The van der Waals surface area contributed by atoms with E-state index >= 15 is 0 Å². The van der Waals surface area contributed by atoms with Crippen LogP contribution in [0.25, 0.3) is 0 Å². The summed E-state index contributed by atoms with van der Waals surface area (Å²) in [5.41, 5.74) is 0. The van der Waals surface area contributed by atoms with Crippen LogP contribution in [-0.2, 0) is 4.79 Å². The third-order valence-corrected chi connectivity index (χ3v) is 4.30. The molecule has 1 rings (SSSR count). The molecule has 106 valence electrons. The smallest absolute Gasteiger partial charge is 0.236 e. The average molecular weight is 345 g/mol. The van der Waals surface area contributed by atoms with Crippen LogP contribution in [0.3, 0.4) is 0 Å². The van der Waals surface area contributed by atoms with E-state index in [2.05, 4.69) is 33.5 Å². The standard InChI is InChI=1S/C14H21BrN2OS/c1-4-16-9-10-17-13(18)14(2,3)19-12-7-5-11(15)6-8-12/h5-8,16H,4,9-10H2,1-3H3,(H,17,18). The van der Waals surface area contributed by atoms with E-state index < -0.39 is 4.75 Å². The van der Waals surface area contributed by atoms with Gasteiger partial charge in [0.1, 0.15) is 0 Å². The number of thioether (sulfide) groups is 1. The first kappa shape index (κ1) is 16.5. The molecule has 5 heteroatoms. The first-order chi connectivity index (χ1) is 8.95. The second-order valence-electron chi connectivity index (χ2n) is 4.68. The number of halogens is 1. The number of likely N-dealkylation sites (N-methyl/N-ethyl adjacent to an activating group) is 1. The van der Waals surface area contributed by atoms with Gasteiger partial charge in [0.25, 0.3) is 0 Å². The Morgan fingerprint density at radius 1 is 1.26 bits per heavy atom. The van der Waals surface area contributed by atoms with Gasteiger partial charge in [0.05, 0.1) is 4.75 Å². The highest BCUT2D eigenvalue weighted by molar-refractivity contribution is 9.10. The molecule has 0 fully saturated rings. The van der Waals surface area contributed by atoms with E-state index in [1.807, 2.05) is 38.1 Å². The second-order valence-corrected chi connectivity index (χ2v) is 7.29. The number of benzene rings is 1. The summed E-state index contributed by atoms with van der Waals surface area (Å²) in [7, 11) is 0. The highest BCUT2D eigenvalue weighted by Crippen LogP contribution is 2.33. The van der Waals surface area contributed by atoms with Crippen molar-refractivity contribution >= 4 is 33.6 Å². The van der Waals surface area contributed by atoms with E-state index in [4.69, 9.17) is 0 Å². The molecule has 2 N–H and O–H groups in total. The zero-order valence-electron chi connectivity index (χ0n) is 11.6. The summed E-state index contributed by atoms with van der Waals surface area (Å²) in [6.45, 7) is 8.34. The van der Waals surface area contributed by atoms with Crippen LogP contribution in [0, 0.1) is 0 Å². The topological polar surface area (TPSA) is 41.1 Å².